The molecule has 9 nitrogen and oxygen atoms in total. The summed E-state index contributed by atoms with van der Waals surface area (Å²) in [5.74, 6) is -1.19. The Labute approximate surface area is 252 Å². The van der Waals surface area contributed by atoms with Crippen LogP contribution in [0.2, 0.25) is 0 Å². The number of carboxylic acid groups (broad SMARTS) is 1. The fraction of sp³-hybridized carbons (Fsp3) is 0.241. The van der Waals surface area contributed by atoms with Crippen molar-refractivity contribution < 1.29 is 32.6 Å². The van der Waals surface area contributed by atoms with Gasteiger partial charge < -0.3 is 20.5 Å². The fourth-order valence-corrected chi connectivity index (χ4v) is 5.48. The lowest BCUT2D eigenvalue weighted by molar-refractivity contribution is -0.303. The summed E-state index contributed by atoms with van der Waals surface area (Å²) in [6.45, 7) is 2.34. The number of amidine groups is 1. The number of amides is 1. The third-order valence-electron chi connectivity index (χ3n) is 6.52. The third-order valence-corrected chi connectivity index (χ3v) is 7.14. The average Bonchev–Trinajstić information content (AvgIpc) is 3.51. The van der Waals surface area contributed by atoms with Crippen LogP contribution >= 0.6 is 22.6 Å². The molecule has 3 aromatic rings. The molecule has 218 valence electrons. The molecule has 1 aliphatic carbocycles. The predicted molar refractivity (Wildman–Crippen MR) is 157 cm³/mol. The molecule has 0 radical (unpaired) electrons. The molecule has 0 bridgehead atoms. The summed E-state index contributed by atoms with van der Waals surface area (Å²) in [5, 5.41) is 19.4. The van der Waals surface area contributed by atoms with Crippen molar-refractivity contribution in [3.8, 4) is 11.3 Å². The van der Waals surface area contributed by atoms with Crippen molar-refractivity contribution in [3.63, 3.8) is 0 Å². The minimum absolute atomic E-state index is 0.0263. The van der Waals surface area contributed by atoms with Gasteiger partial charge in [-0.15, -0.1) is 13.2 Å². The zero-order valence-corrected chi connectivity index (χ0v) is 24.3. The first-order valence-electron chi connectivity index (χ1n) is 12.9. The molecular formula is C29H25F3IN5O4. The first-order valence-corrected chi connectivity index (χ1v) is 14.0. The summed E-state index contributed by atoms with van der Waals surface area (Å²) >= 11 is 2.24. The maximum Gasteiger partial charge on any atom is 0.573 e. The number of allylic oxidation sites excluding steroid dienone is 1. The molecule has 0 spiro atoms. The summed E-state index contributed by atoms with van der Waals surface area (Å²) in [4.78, 5) is 27.7. The topological polar surface area (TPSA) is 118 Å². The molecule has 2 heterocycles. The number of nitrogens with one attached hydrogen (secondary N) is 2. The molecule has 2 atom stereocenters. The maximum atomic E-state index is 12.8. The van der Waals surface area contributed by atoms with E-state index in [1.54, 1.807) is 35.0 Å². The molecule has 0 fully saturated rings. The van der Waals surface area contributed by atoms with E-state index in [2.05, 4.69) is 38.0 Å². The Bertz CT molecular complexity index is 1590. The number of aliphatic imine (C=N–C) groups is 1. The number of rotatable bonds is 9. The van der Waals surface area contributed by atoms with Crippen LogP contribution in [0.1, 0.15) is 33.6 Å². The van der Waals surface area contributed by atoms with Crippen molar-refractivity contribution in [2.75, 3.05) is 6.54 Å². The van der Waals surface area contributed by atoms with Gasteiger partial charge in [0.1, 0.15) is 17.3 Å². The van der Waals surface area contributed by atoms with Crippen molar-refractivity contribution in [1.29, 1.82) is 0 Å². The number of carboxylic acids is 1. The number of hydrogen-bond donors (Lipinski definition) is 3. The van der Waals surface area contributed by atoms with Crippen LogP contribution in [-0.2, 0) is 16.1 Å². The minimum atomic E-state index is -4.79. The number of nitrogens with zero attached hydrogens (tertiary/aromatic N) is 3. The van der Waals surface area contributed by atoms with Gasteiger partial charge in [-0.1, -0.05) is 18.2 Å². The fourth-order valence-electron chi connectivity index (χ4n) is 4.65. The number of ether oxygens (including phenoxy) is 1. The van der Waals surface area contributed by atoms with Gasteiger partial charge in [0.15, 0.2) is 0 Å². The first-order chi connectivity index (χ1) is 19.9. The van der Waals surface area contributed by atoms with Crippen LogP contribution in [0.3, 0.4) is 0 Å². The number of aryl methyl sites for hydroxylation is 1. The van der Waals surface area contributed by atoms with Gasteiger partial charge in [-0.25, -0.2) is 0 Å². The summed E-state index contributed by atoms with van der Waals surface area (Å²) in [7, 11) is 0. The van der Waals surface area contributed by atoms with Crippen LogP contribution in [0.4, 0.5) is 13.2 Å². The smallest absolute Gasteiger partial charge is 0.481 e. The summed E-state index contributed by atoms with van der Waals surface area (Å²) in [6, 6.07) is 13.9. The number of alkyl halides is 3. The van der Waals surface area contributed by atoms with Gasteiger partial charge in [0.05, 0.1) is 30.7 Å². The van der Waals surface area contributed by atoms with Gasteiger partial charge in [0, 0.05) is 21.2 Å². The molecule has 42 heavy (non-hydrogen) atoms. The molecule has 0 saturated carbocycles. The van der Waals surface area contributed by atoms with Gasteiger partial charge in [-0.3, -0.25) is 19.3 Å². The zero-order valence-electron chi connectivity index (χ0n) is 22.2. The maximum absolute atomic E-state index is 12.8. The van der Waals surface area contributed by atoms with E-state index in [9.17, 15) is 22.8 Å². The number of aliphatic carboxylic acids is 1. The molecule has 2 unspecified atom stereocenters. The predicted octanol–water partition coefficient (Wildman–Crippen LogP) is 4.79. The molecule has 2 aromatic carbocycles. The Morgan fingerprint density at radius 2 is 1.93 bits per heavy atom. The van der Waals surface area contributed by atoms with E-state index >= 15 is 0 Å². The quantitative estimate of drug-likeness (QED) is 0.278. The lowest BCUT2D eigenvalue weighted by Gasteiger charge is -2.19. The van der Waals surface area contributed by atoms with Gasteiger partial charge in [-0.2, -0.15) is 5.10 Å². The van der Waals surface area contributed by atoms with Crippen LogP contribution in [-0.4, -0.2) is 57.6 Å². The normalized spacial score (nSPS) is 17.6. The van der Waals surface area contributed by atoms with Crippen LogP contribution in [0.25, 0.3) is 11.3 Å². The summed E-state index contributed by atoms with van der Waals surface area (Å²) in [6.07, 6.45) is -0.773. The van der Waals surface area contributed by atoms with Gasteiger partial charge >= 0.3 is 12.3 Å². The van der Waals surface area contributed by atoms with E-state index in [1.807, 2.05) is 31.2 Å². The Balaban J connectivity index is 1.41. The Hall–Kier alpha value is -4.14. The van der Waals surface area contributed by atoms with Crippen molar-refractivity contribution >= 4 is 40.3 Å². The van der Waals surface area contributed by atoms with Crippen molar-refractivity contribution in [2.24, 2.45) is 4.99 Å². The molecule has 13 heteroatoms. The number of fused-ring (bicyclic) bond motifs is 1. The highest BCUT2D eigenvalue weighted by Crippen LogP contribution is 2.29. The van der Waals surface area contributed by atoms with Crippen LogP contribution in [0.5, 0.6) is 0 Å². The number of carbonyl (C=O) groups is 2. The Kier molecular flexibility index (Phi) is 8.38. The second-order valence-electron chi connectivity index (χ2n) is 9.80. The second-order valence-corrected chi connectivity index (χ2v) is 11.0. The summed E-state index contributed by atoms with van der Waals surface area (Å²) in [5.41, 5.74) is 4.55. The van der Waals surface area contributed by atoms with E-state index in [4.69, 9.17) is 15.2 Å². The largest absolute Gasteiger partial charge is 0.573 e. The monoisotopic (exact) mass is 691 g/mol. The summed E-state index contributed by atoms with van der Waals surface area (Å²) < 4.78 is 45.2. The third kappa shape index (κ3) is 7.19. The van der Waals surface area contributed by atoms with Crippen LogP contribution < -0.4 is 10.6 Å². The van der Waals surface area contributed by atoms with E-state index in [-0.39, 0.29) is 24.6 Å². The highest BCUT2D eigenvalue weighted by molar-refractivity contribution is 14.1. The number of aromatic nitrogens is 2. The molecule has 5 rings (SSSR count). The first kappa shape index (κ1) is 29.4. The molecule has 1 aliphatic heterocycles. The Morgan fingerprint density at radius 3 is 2.62 bits per heavy atom. The van der Waals surface area contributed by atoms with E-state index in [1.165, 1.54) is 12.2 Å². The molecule has 1 amide bonds. The number of carbonyl (C=O) groups excluding carboxylic acids is 1. The number of benzene rings is 2. The lowest BCUT2D eigenvalue weighted by atomic mass is 10.0. The van der Waals surface area contributed by atoms with Crippen molar-refractivity contribution in [2.45, 2.75) is 38.3 Å². The van der Waals surface area contributed by atoms with E-state index < -0.39 is 24.4 Å². The van der Waals surface area contributed by atoms with Gasteiger partial charge in [-0.05, 0) is 89.2 Å². The Morgan fingerprint density at radius 1 is 1.17 bits per heavy atom. The van der Waals surface area contributed by atoms with Gasteiger partial charge in [0.25, 0.3) is 5.91 Å². The zero-order chi connectivity index (χ0) is 30.0. The average molecular weight is 691 g/mol. The van der Waals surface area contributed by atoms with E-state index in [0.29, 0.717) is 29.3 Å². The van der Waals surface area contributed by atoms with Crippen molar-refractivity contribution in [1.82, 2.24) is 20.4 Å². The van der Waals surface area contributed by atoms with Crippen LogP contribution in [0.15, 0.2) is 77.5 Å². The van der Waals surface area contributed by atoms with Crippen LogP contribution in [0, 0.1) is 10.5 Å². The second kappa shape index (κ2) is 12.0. The molecule has 1 aromatic heterocycles. The molecule has 0 saturated heterocycles. The number of hydrogen-bond acceptors (Lipinski definition) is 6. The standard InChI is InChI=1S/C29H25F3IN5O4/c1-16-10-19(12-20(33)11-16)23-14-25(27-35-22-7-6-21(13-24(22)36-27)42-29(30,31)32)38(37-23)15-17-2-4-18(5-3-17)28(41)34-9-8-26(39)40/h2-7,10-14,22,24H,8-9,15H2,1H3,(H,34,41)(H,35,36)(H,39,40). The highest BCUT2D eigenvalue weighted by atomic mass is 127. The SMILES string of the molecule is Cc1cc(I)cc(-c2cc(C3=NC4C=CC(OC(F)(F)F)=CC4N3)n(Cc3ccc(C(=O)NCCC(=O)O)cc3)n2)c1. The molecule has 2 aliphatic rings. The van der Waals surface area contributed by atoms with Gasteiger partial charge in [0.2, 0.25) is 0 Å². The van der Waals surface area contributed by atoms with Crippen molar-refractivity contribution in [3.05, 3.63) is 98.5 Å². The lowest BCUT2D eigenvalue weighted by Crippen LogP contribution is -2.35. The van der Waals surface area contributed by atoms with E-state index in [0.717, 1.165) is 20.3 Å². The highest BCUT2D eigenvalue weighted by Gasteiger charge is 2.35. The molecule has 3 N–H and O–H groups in total. The minimum Gasteiger partial charge on any atom is -0.481 e. The molecular weight excluding hydrogens is 666 g/mol. The number of halogens is 4.